The van der Waals surface area contributed by atoms with E-state index >= 15 is 0 Å². The molecule has 2 aliphatic rings. The highest BCUT2D eigenvalue weighted by Gasteiger charge is 2.25. The van der Waals surface area contributed by atoms with Crippen LogP contribution in [0.2, 0.25) is 0 Å². The predicted molar refractivity (Wildman–Crippen MR) is 115 cm³/mol. The molecule has 0 aromatic heterocycles. The zero-order valence-corrected chi connectivity index (χ0v) is 16.7. The van der Waals surface area contributed by atoms with Crippen LogP contribution in [-0.2, 0) is 11.2 Å². The fourth-order valence-corrected chi connectivity index (χ4v) is 4.21. The number of hydrogen-bond donors (Lipinski definition) is 0. The fraction of sp³-hybridized carbons (Fsp3) is 0.417. The number of nitrogens with zero attached hydrogens (tertiary/aromatic N) is 3. The van der Waals surface area contributed by atoms with Crippen LogP contribution in [0, 0.1) is 6.57 Å². The van der Waals surface area contributed by atoms with E-state index in [-0.39, 0.29) is 12.0 Å². The third kappa shape index (κ3) is 4.78. The summed E-state index contributed by atoms with van der Waals surface area (Å²) in [7, 11) is 0. The van der Waals surface area contributed by atoms with Crippen LogP contribution >= 0.6 is 0 Å². The zero-order chi connectivity index (χ0) is 20.1. The molecular formula is C24H27N3O2. The molecule has 0 radical (unpaired) electrons. The lowest BCUT2D eigenvalue weighted by molar-refractivity contribution is -0.119. The molecule has 2 fully saturated rings. The van der Waals surface area contributed by atoms with Gasteiger partial charge in [0.15, 0.2) is 5.69 Å². The summed E-state index contributed by atoms with van der Waals surface area (Å²) in [6.07, 6.45) is 4.89. The highest BCUT2D eigenvalue weighted by Crippen LogP contribution is 2.26. The molecule has 5 heteroatoms. The highest BCUT2D eigenvalue weighted by molar-refractivity contribution is 5.94. The van der Waals surface area contributed by atoms with Crippen LogP contribution in [0.4, 0.5) is 11.4 Å². The van der Waals surface area contributed by atoms with Crippen molar-refractivity contribution in [2.24, 2.45) is 0 Å². The average molecular weight is 389 g/mol. The molecule has 0 aliphatic carbocycles. The maximum atomic E-state index is 12.3. The van der Waals surface area contributed by atoms with E-state index in [9.17, 15) is 4.79 Å². The second kappa shape index (κ2) is 9.11. The third-order valence-corrected chi connectivity index (χ3v) is 5.80. The Morgan fingerprint density at radius 1 is 1.07 bits per heavy atom. The average Bonchev–Trinajstić information content (AvgIpc) is 3.21. The normalized spacial score (nSPS) is 19.9. The van der Waals surface area contributed by atoms with Crippen molar-refractivity contribution in [1.82, 2.24) is 4.90 Å². The van der Waals surface area contributed by atoms with Gasteiger partial charge in [0, 0.05) is 38.3 Å². The lowest BCUT2D eigenvalue weighted by atomic mass is 10.0. The fourth-order valence-electron chi connectivity index (χ4n) is 4.21. The molecule has 2 saturated heterocycles. The van der Waals surface area contributed by atoms with Gasteiger partial charge in [-0.25, -0.2) is 4.85 Å². The Hall–Kier alpha value is -2.84. The van der Waals surface area contributed by atoms with Crippen LogP contribution in [-0.4, -0.2) is 43.1 Å². The molecule has 1 unspecified atom stereocenters. The quantitative estimate of drug-likeness (QED) is 0.685. The molecule has 0 spiro atoms. The van der Waals surface area contributed by atoms with Crippen molar-refractivity contribution in [1.29, 1.82) is 0 Å². The molecule has 150 valence electrons. The standard InChI is InChI=1S/C24H27N3O2/c1-25-20-9-11-21(12-10-20)29-22-14-17-26(18-22)16-13-19-6-2-3-7-23(19)27-15-5-4-8-24(27)28/h2-3,6-7,9-12,22H,4-5,8,13-18H2. The molecule has 5 nitrogen and oxygen atoms in total. The molecule has 0 bridgehead atoms. The Balaban J connectivity index is 1.32. The number of anilines is 1. The van der Waals surface area contributed by atoms with E-state index in [0.717, 1.165) is 63.3 Å². The lowest BCUT2D eigenvalue weighted by Crippen LogP contribution is -2.36. The van der Waals surface area contributed by atoms with Crippen molar-refractivity contribution in [2.75, 3.05) is 31.1 Å². The Morgan fingerprint density at radius 3 is 2.69 bits per heavy atom. The number of carbonyl (C=O) groups excluding carboxylic acids is 1. The summed E-state index contributed by atoms with van der Waals surface area (Å²) in [5.41, 5.74) is 2.97. The summed E-state index contributed by atoms with van der Waals surface area (Å²) in [6.45, 7) is 10.8. The van der Waals surface area contributed by atoms with Crippen LogP contribution in [0.25, 0.3) is 4.85 Å². The van der Waals surface area contributed by atoms with E-state index < -0.39 is 0 Å². The van der Waals surface area contributed by atoms with Gasteiger partial charge in [-0.15, -0.1) is 0 Å². The van der Waals surface area contributed by atoms with Gasteiger partial charge in [0.1, 0.15) is 11.9 Å². The van der Waals surface area contributed by atoms with E-state index in [0.29, 0.717) is 12.1 Å². The van der Waals surface area contributed by atoms with E-state index in [2.05, 4.69) is 27.9 Å². The topological polar surface area (TPSA) is 37.1 Å². The van der Waals surface area contributed by atoms with Gasteiger partial charge in [-0.2, -0.15) is 0 Å². The minimum absolute atomic E-state index is 0.188. The summed E-state index contributed by atoms with van der Waals surface area (Å²) in [4.78, 5) is 20.2. The van der Waals surface area contributed by atoms with Crippen molar-refractivity contribution < 1.29 is 9.53 Å². The van der Waals surface area contributed by atoms with Gasteiger partial charge >= 0.3 is 0 Å². The SMILES string of the molecule is [C-]#[N+]c1ccc(OC2CCN(CCc3ccccc3N3CCCCC3=O)C2)cc1. The zero-order valence-electron chi connectivity index (χ0n) is 16.7. The van der Waals surface area contributed by atoms with Gasteiger partial charge in [-0.3, -0.25) is 9.69 Å². The number of para-hydroxylation sites is 1. The van der Waals surface area contributed by atoms with Crippen LogP contribution in [0.5, 0.6) is 5.75 Å². The third-order valence-electron chi connectivity index (χ3n) is 5.80. The molecule has 2 aliphatic heterocycles. The predicted octanol–water partition coefficient (Wildman–Crippen LogP) is 4.45. The van der Waals surface area contributed by atoms with Crippen molar-refractivity contribution in [3.8, 4) is 5.75 Å². The maximum Gasteiger partial charge on any atom is 0.226 e. The number of rotatable bonds is 6. The van der Waals surface area contributed by atoms with Gasteiger partial charge in [0.2, 0.25) is 5.91 Å². The molecular weight excluding hydrogens is 362 g/mol. The number of piperidine rings is 1. The van der Waals surface area contributed by atoms with Gasteiger partial charge in [-0.05, 0) is 49.4 Å². The number of carbonyl (C=O) groups is 1. The maximum absolute atomic E-state index is 12.3. The molecule has 0 N–H and O–H groups in total. The largest absolute Gasteiger partial charge is 0.489 e. The summed E-state index contributed by atoms with van der Waals surface area (Å²) < 4.78 is 6.09. The van der Waals surface area contributed by atoms with Crippen molar-refractivity contribution >= 4 is 17.3 Å². The van der Waals surface area contributed by atoms with Crippen molar-refractivity contribution in [3.05, 3.63) is 65.5 Å². The molecule has 1 amide bonds. The van der Waals surface area contributed by atoms with E-state index in [1.807, 2.05) is 23.1 Å². The molecule has 1 atom stereocenters. The number of hydrogen-bond acceptors (Lipinski definition) is 3. The van der Waals surface area contributed by atoms with Crippen molar-refractivity contribution in [3.63, 3.8) is 0 Å². The van der Waals surface area contributed by atoms with E-state index in [4.69, 9.17) is 11.3 Å². The van der Waals surface area contributed by atoms with Gasteiger partial charge in [0.25, 0.3) is 0 Å². The minimum atomic E-state index is 0.188. The monoisotopic (exact) mass is 389 g/mol. The molecule has 2 aromatic rings. The van der Waals surface area contributed by atoms with Crippen LogP contribution in [0.3, 0.4) is 0 Å². The smallest absolute Gasteiger partial charge is 0.226 e. The number of amides is 1. The van der Waals surface area contributed by atoms with Crippen LogP contribution in [0.15, 0.2) is 48.5 Å². The van der Waals surface area contributed by atoms with Crippen molar-refractivity contribution in [2.45, 2.75) is 38.2 Å². The number of likely N-dealkylation sites (tertiary alicyclic amines) is 1. The molecule has 29 heavy (non-hydrogen) atoms. The molecule has 2 aromatic carbocycles. The van der Waals surface area contributed by atoms with Gasteiger partial charge in [-0.1, -0.05) is 30.3 Å². The second-order valence-corrected chi connectivity index (χ2v) is 7.82. The first-order valence-corrected chi connectivity index (χ1v) is 10.5. The summed E-state index contributed by atoms with van der Waals surface area (Å²) in [5.74, 6) is 1.08. The van der Waals surface area contributed by atoms with Gasteiger partial charge in [0.05, 0.1) is 6.57 Å². The number of ether oxygens (including phenoxy) is 1. The van der Waals surface area contributed by atoms with E-state index in [1.54, 1.807) is 12.1 Å². The lowest BCUT2D eigenvalue weighted by Gasteiger charge is -2.29. The summed E-state index contributed by atoms with van der Waals surface area (Å²) in [6, 6.07) is 15.7. The minimum Gasteiger partial charge on any atom is -0.489 e. The molecule has 2 heterocycles. The Morgan fingerprint density at radius 2 is 1.90 bits per heavy atom. The Kier molecular flexibility index (Phi) is 6.12. The van der Waals surface area contributed by atoms with E-state index in [1.165, 1.54) is 5.56 Å². The van der Waals surface area contributed by atoms with Crippen LogP contribution < -0.4 is 9.64 Å². The molecule has 0 saturated carbocycles. The Bertz CT molecular complexity index is 888. The molecule has 4 rings (SSSR count). The second-order valence-electron chi connectivity index (χ2n) is 7.82. The van der Waals surface area contributed by atoms with Crippen LogP contribution in [0.1, 0.15) is 31.2 Å². The first-order chi connectivity index (χ1) is 14.2. The highest BCUT2D eigenvalue weighted by atomic mass is 16.5. The first-order valence-electron chi connectivity index (χ1n) is 10.5. The summed E-state index contributed by atoms with van der Waals surface area (Å²) >= 11 is 0. The Labute approximate surface area is 172 Å². The first kappa shape index (κ1) is 19.5. The summed E-state index contributed by atoms with van der Waals surface area (Å²) in [5, 5.41) is 0. The van der Waals surface area contributed by atoms with Gasteiger partial charge < -0.3 is 9.64 Å². The number of benzene rings is 2.